The van der Waals surface area contributed by atoms with E-state index in [9.17, 15) is 19.7 Å². The Labute approximate surface area is 182 Å². The first-order valence-corrected chi connectivity index (χ1v) is 10.0. The minimum atomic E-state index is -1.30. The monoisotopic (exact) mass is 443 g/mol. The molecule has 4 rings (SSSR count). The molecule has 0 unspecified atom stereocenters. The van der Waals surface area contributed by atoms with Crippen LogP contribution in [0, 0.1) is 17.7 Å². The molecule has 1 aliphatic rings. The average molecular weight is 443 g/mol. The van der Waals surface area contributed by atoms with E-state index in [1.807, 2.05) is 6.92 Å². The summed E-state index contributed by atoms with van der Waals surface area (Å²) in [5.74, 6) is 5.71. The van der Waals surface area contributed by atoms with Gasteiger partial charge in [0.05, 0.1) is 19.5 Å². The van der Waals surface area contributed by atoms with Crippen molar-refractivity contribution in [3.63, 3.8) is 0 Å². The molecule has 1 aromatic carbocycles. The normalized spacial score (nSPS) is 22.7. The summed E-state index contributed by atoms with van der Waals surface area (Å²) in [6, 6.07) is 5.67. The smallest absolute Gasteiger partial charge is 0.209 e. The number of hydrogen-bond acceptors (Lipinski definition) is 9. The molecule has 11 heteroatoms. The van der Waals surface area contributed by atoms with Gasteiger partial charge in [-0.2, -0.15) is 4.98 Å². The maximum atomic E-state index is 13.1. The van der Waals surface area contributed by atoms with Crippen molar-refractivity contribution in [2.75, 3.05) is 18.7 Å². The van der Waals surface area contributed by atoms with Crippen molar-refractivity contribution in [2.24, 2.45) is 0 Å². The minimum absolute atomic E-state index is 0.123. The molecule has 10 nitrogen and oxygen atoms in total. The van der Waals surface area contributed by atoms with Crippen LogP contribution in [0.25, 0.3) is 11.2 Å². The van der Waals surface area contributed by atoms with E-state index in [2.05, 4.69) is 32.3 Å². The van der Waals surface area contributed by atoms with Gasteiger partial charge in [-0.25, -0.2) is 19.8 Å². The molecule has 4 N–H and O–H groups in total. The first-order valence-electron chi connectivity index (χ1n) is 10.0. The van der Waals surface area contributed by atoms with E-state index in [1.165, 1.54) is 35.2 Å². The number of rotatable bonds is 6. The second-order valence-electron chi connectivity index (χ2n) is 7.16. The molecule has 0 amide bonds. The number of ether oxygens (including phenoxy) is 1. The largest absolute Gasteiger partial charge is 0.394 e. The first-order chi connectivity index (χ1) is 15.5. The quantitative estimate of drug-likeness (QED) is 0.247. The molecule has 2 aromatic heterocycles. The highest BCUT2D eigenvalue weighted by molar-refractivity contribution is 5.83. The third-order valence-electron chi connectivity index (χ3n) is 4.85. The number of imidazole rings is 1. The number of aliphatic hydroxyl groups is 3. The van der Waals surface area contributed by atoms with Gasteiger partial charge in [0.1, 0.15) is 24.1 Å². The van der Waals surface area contributed by atoms with Gasteiger partial charge in [-0.05, 0) is 36.6 Å². The highest BCUT2D eigenvalue weighted by atomic mass is 19.1. The van der Waals surface area contributed by atoms with Crippen LogP contribution in [0.15, 0.2) is 30.6 Å². The van der Waals surface area contributed by atoms with Crippen molar-refractivity contribution in [1.82, 2.24) is 19.5 Å². The molecule has 168 valence electrons. The predicted molar refractivity (Wildman–Crippen MR) is 111 cm³/mol. The van der Waals surface area contributed by atoms with E-state index < -0.39 is 31.1 Å². The maximum Gasteiger partial charge on any atom is 0.209 e. The molecule has 0 bridgehead atoms. The summed E-state index contributed by atoms with van der Waals surface area (Å²) in [6.07, 6.45) is -2.38. The van der Waals surface area contributed by atoms with Crippen LogP contribution < -0.4 is 5.48 Å². The molecule has 1 fully saturated rings. The van der Waals surface area contributed by atoms with Crippen LogP contribution in [0.5, 0.6) is 0 Å². The van der Waals surface area contributed by atoms with Crippen LogP contribution >= 0.6 is 0 Å². The molecular weight excluding hydrogens is 421 g/mol. The van der Waals surface area contributed by atoms with Gasteiger partial charge in [0, 0.05) is 5.56 Å². The zero-order valence-corrected chi connectivity index (χ0v) is 17.1. The molecule has 0 aliphatic carbocycles. The van der Waals surface area contributed by atoms with Gasteiger partial charge < -0.3 is 20.1 Å². The number of halogens is 1. The highest BCUT2D eigenvalue weighted by Crippen LogP contribution is 2.32. The number of aliphatic hydroxyl groups excluding tert-OH is 3. The van der Waals surface area contributed by atoms with Gasteiger partial charge in [0.25, 0.3) is 0 Å². The Kier molecular flexibility index (Phi) is 6.59. The first kappa shape index (κ1) is 22.1. The van der Waals surface area contributed by atoms with Gasteiger partial charge in [0.15, 0.2) is 23.2 Å². The third kappa shape index (κ3) is 4.40. The lowest BCUT2D eigenvalue weighted by atomic mass is 10.1. The Bertz CT molecular complexity index is 1140. The highest BCUT2D eigenvalue weighted by Gasteiger charge is 2.44. The Balaban J connectivity index is 1.74. The SMILES string of the molecule is CCCONc1nc(C#Cc2ccc(F)cc2)nc2c1ncn2[C@@H]1O[C@H](CO)[C@@H](O)[C@H]1O. The minimum Gasteiger partial charge on any atom is -0.394 e. The lowest BCUT2D eigenvalue weighted by Gasteiger charge is -2.16. The number of benzene rings is 1. The van der Waals surface area contributed by atoms with E-state index in [0.717, 1.165) is 6.42 Å². The number of fused-ring (bicyclic) bond motifs is 1. The number of aromatic nitrogens is 4. The molecule has 1 aliphatic heterocycles. The molecule has 0 radical (unpaired) electrons. The summed E-state index contributed by atoms with van der Waals surface area (Å²) in [7, 11) is 0. The van der Waals surface area contributed by atoms with E-state index in [1.54, 1.807) is 0 Å². The van der Waals surface area contributed by atoms with Crippen molar-refractivity contribution in [3.05, 3.63) is 47.8 Å². The fourth-order valence-electron chi connectivity index (χ4n) is 3.22. The Morgan fingerprint density at radius 1 is 1.19 bits per heavy atom. The Morgan fingerprint density at radius 2 is 1.97 bits per heavy atom. The van der Waals surface area contributed by atoms with Crippen molar-refractivity contribution in [1.29, 1.82) is 0 Å². The van der Waals surface area contributed by atoms with Crippen molar-refractivity contribution in [2.45, 2.75) is 37.9 Å². The molecule has 3 heterocycles. The van der Waals surface area contributed by atoms with Gasteiger partial charge in [-0.3, -0.25) is 9.40 Å². The fourth-order valence-corrected chi connectivity index (χ4v) is 3.22. The maximum absolute atomic E-state index is 13.1. The van der Waals surface area contributed by atoms with Gasteiger partial charge in [-0.15, -0.1) is 0 Å². The molecule has 0 saturated carbocycles. The van der Waals surface area contributed by atoms with E-state index >= 15 is 0 Å². The molecule has 3 aromatic rings. The van der Waals surface area contributed by atoms with Crippen molar-refractivity contribution in [3.8, 4) is 11.8 Å². The van der Waals surface area contributed by atoms with Gasteiger partial charge in [-0.1, -0.05) is 12.8 Å². The number of nitrogens with one attached hydrogen (secondary N) is 1. The van der Waals surface area contributed by atoms with E-state index in [-0.39, 0.29) is 23.1 Å². The van der Waals surface area contributed by atoms with Crippen LogP contribution in [-0.4, -0.2) is 66.4 Å². The zero-order valence-electron chi connectivity index (χ0n) is 17.1. The van der Waals surface area contributed by atoms with Crippen LogP contribution in [0.1, 0.15) is 31.0 Å². The number of hydrogen-bond donors (Lipinski definition) is 4. The molecule has 4 atom stereocenters. The van der Waals surface area contributed by atoms with Crippen LogP contribution in [0.2, 0.25) is 0 Å². The second kappa shape index (κ2) is 9.56. The van der Waals surface area contributed by atoms with E-state index in [4.69, 9.17) is 9.57 Å². The van der Waals surface area contributed by atoms with Gasteiger partial charge in [0.2, 0.25) is 5.82 Å². The summed E-state index contributed by atoms with van der Waals surface area (Å²) < 4.78 is 20.2. The summed E-state index contributed by atoms with van der Waals surface area (Å²) in [5.41, 5.74) is 3.93. The fraction of sp³-hybridized carbons (Fsp3) is 0.381. The molecule has 32 heavy (non-hydrogen) atoms. The lowest BCUT2D eigenvalue weighted by Crippen LogP contribution is -2.33. The average Bonchev–Trinajstić information content (AvgIpc) is 3.34. The van der Waals surface area contributed by atoms with Crippen LogP contribution in [0.4, 0.5) is 10.2 Å². The van der Waals surface area contributed by atoms with Crippen LogP contribution in [-0.2, 0) is 9.57 Å². The molecular formula is C21H22FN5O5. The number of anilines is 1. The van der Waals surface area contributed by atoms with Gasteiger partial charge >= 0.3 is 0 Å². The van der Waals surface area contributed by atoms with Crippen LogP contribution in [0.3, 0.4) is 0 Å². The van der Waals surface area contributed by atoms with Crippen molar-refractivity contribution >= 4 is 17.0 Å². The summed E-state index contributed by atoms with van der Waals surface area (Å²) in [6.45, 7) is 1.92. The van der Waals surface area contributed by atoms with E-state index in [0.29, 0.717) is 17.7 Å². The van der Waals surface area contributed by atoms with Crippen molar-refractivity contribution < 1.29 is 29.3 Å². The molecule has 0 spiro atoms. The summed E-state index contributed by atoms with van der Waals surface area (Å²) in [5, 5.41) is 29.9. The summed E-state index contributed by atoms with van der Waals surface area (Å²) >= 11 is 0. The molecule has 1 saturated heterocycles. The Hall–Kier alpha value is -3.14. The second-order valence-corrected chi connectivity index (χ2v) is 7.16. The topological polar surface area (TPSA) is 135 Å². The third-order valence-corrected chi connectivity index (χ3v) is 4.85. The zero-order chi connectivity index (χ0) is 22.7. The predicted octanol–water partition coefficient (Wildman–Crippen LogP) is 0.730. The lowest BCUT2D eigenvalue weighted by molar-refractivity contribution is -0.0511. The summed E-state index contributed by atoms with van der Waals surface area (Å²) in [4.78, 5) is 18.4. The number of nitrogens with zero attached hydrogens (tertiary/aromatic N) is 4. The Morgan fingerprint density at radius 3 is 2.66 bits per heavy atom. The standard InChI is InChI=1S/C21H22FN5O5/c1-2-9-31-26-19-16-20(25-15(24-19)8-5-12-3-6-13(22)7-4-12)27(11-23-16)21-18(30)17(29)14(10-28)32-21/h3-4,6-7,11,14,17-18,21,28-30H,2,9-10H2,1H3,(H,24,25,26)/t14-,17-,18-,21-/m1/s1.